The van der Waals surface area contributed by atoms with E-state index >= 15 is 0 Å². The maximum atomic E-state index is 12.6. The average Bonchev–Trinajstić information content (AvgIpc) is 2.31. The van der Waals surface area contributed by atoms with Gasteiger partial charge in [0.1, 0.15) is 0 Å². The number of carboxylic acids is 1. The molecule has 20 heavy (non-hydrogen) atoms. The van der Waals surface area contributed by atoms with Crippen LogP contribution in [0.4, 0.5) is 4.79 Å². The summed E-state index contributed by atoms with van der Waals surface area (Å²) in [6.07, 6.45) is 2.82. The molecule has 0 atom stereocenters. The lowest BCUT2D eigenvalue weighted by Crippen LogP contribution is -2.51. The summed E-state index contributed by atoms with van der Waals surface area (Å²) in [5, 5.41) is 8.71. The van der Waals surface area contributed by atoms with E-state index in [4.69, 9.17) is 5.11 Å². The van der Waals surface area contributed by atoms with Crippen LogP contribution in [0.25, 0.3) is 0 Å². The van der Waals surface area contributed by atoms with Crippen LogP contribution in [-0.2, 0) is 4.79 Å². The van der Waals surface area contributed by atoms with Gasteiger partial charge in [-0.25, -0.2) is 4.79 Å². The number of hydrogen-bond donors (Lipinski definition) is 1. The first-order valence-corrected chi connectivity index (χ1v) is 7.50. The first kappa shape index (κ1) is 16.8. The summed E-state index contributed by atoms with van der Waals surface area (Å²) < 4.78 is 0. The largest absolute Gasteiger partial charge is 0.481 e. The molecule has 0 radical (unpaired) electrons. The van der Waals surface area contributed by atoms with Crippen molar-refractivity contribution < 1.29 is 14.7 Å². The van der Waals surface area contributed by atoms with Gasteiger partial charge in [-0.3, -0.25) is 4.79 Å². The number of nitrogens with zero attached hydrogens (tertiary/aromatic N) is 2. The normalized spacial score (nSPS) is 18.1. The van der Waals surface area contributed by atoms with Crippen LogP contribution in [0.3, 0.4) is 0 Å². The molecule has 0 spiro atoms. The number of carboxylic acid groups (broad SMARTS) is 1. The van der Waals surface area contributed by atoms with E-state index in [-0.39, 0.29) is 23.9 Å². The quantitative estimate of drug-likeness (QED) is 0.844. The lowest BCUT2D eigenvalue weighted by atomic mass is 9.84. The number of carbonyl (C=O) groups is 2. The van der Waals surface area contributed by atoms with E-state index in [9.17, 15) is 9.59 Å². The van der Waals surface area contributed by atoms with Gasteiger partial charge in [-0.1, -0.05) is 13.8 Å². The van der Waals surface area contributed by atoms with Gasteiger partial charge in [0.25, 0.3) is 0 Å². The van der Waals surface area contributed by atoms with E-state index in [0.29, 0.717) is 13.0 Å². The van der Waals surface area contributed by atoms with Crippen molar-refractivity contribution in [2.24, 2.45) is 5.41 Å². The van der Waals surface area contributed by atoms with Gasteiger partial charge in [-0.15, -0.1) is 0 Å². The van der Waals surface area contributed by atoms with Crippen LogP contribution in [0.15, 0.2) is 0 Å². The molecule has 1 saturated heterocycles. The zero-order valence-corrected chi connectivity index (χ0v) is 13.2. The van der Waals surface area contributed by atoms with Gasteiger partial charge in [-0.2, -0.15) is 0 Å². The monoisotopic (exact) mass is 284 g/mol. The Morgan fingerprint density at radius 3 is 2.50 bits per heavy atom. The van der Waals surface area contributed by atoms with E-state index in [2.05, 4.69) is 13.8 Å². The molecule has 0 aromatic heterocycles. The number of likely N-dealkylation sites (tertiary alicyclic amines) is 1. The molecule has 1 aliphatic rings. The molecule has 5 heteroatoms. The Hall–Kier alpha value is -1.26. The highest BCUT2D eigenvalue weighted by Gasteiger charge is 2.31. The highest BCUT2D eigenvalue weighted by atomic mass is 16.4. The maximum absolute atomic E-state index is 12.6. The van der Waals surface area contributed by atoms with Gasteiger partial charge in [0.2, 0.25) is 0 Å². The predicted octanol–water partition coefficient (Wildman–Crippen LogP) is 2.80. The van der Waals surface area contributed by atoms with Gasteiger partial charge in [0, 0.05) is 32.1 Å². The molecular formula is C15H28N2O3. The van der Waals surface area contributed by atoms with Crippen LogP contribution in [0, 0.1) is 5.41 Å². The third kappa shape index (κ3) is 5.02. The van der Waals surface area contributed by atoms with Crippen molar-refractivity contribution >= 4 is 12.0 Å². The third-order valence-electron chi connectivity index (χ3n) is 3.83. The van der Waals surface area contributed by atoms with E-state index in [1.165, 1.54) is 0 Å². The minimum absolute atomic E-state index is 0.0539. The Balaban J connectivity index is 2.61. The second kappa shape index (κ2) is 6.95. The van der Waals surface area contributed by atoms with Crippen molar-refractivity contribution in [1.29, 1.82) is 0 Å². The summed E-state index contributed by atoms with van der Waals surface area (Å²) >= 11 is 0. The third-order valence-corrected chi connectivity index (χ3v) is 3.83. The molecule has 1 aliphatic heterocycles. The summed E-state index contributed by atoms with van der Waals surface area (Å²) in [6, 6.07) is 0.152. The summed E-state index contributed by atoms with van der Waals surface area (Å²) in [5.74, 6) is -0.805. The van der Waals surface area contributed by atoms with E-state index in [1.807, 2.05) is 18.7 Å². The Kier molecular flexibility index (Phi) is 5.84. The zero-order chi connectivity index (χ0) is 15.3. The van der Waals surface area contributed by atoms with E-state index < -0.39 is 5.97 Å². The first-order chi connectivity index (χ1) is 9.23. The van der Waals surface area contributed by atoms with Crippen molar-refractivity contribution in [3.05, 3.63) is 0 Å². The summed E-state index contributed by atoms with van der Waals surface area (Å²) in [6.45, 7) is 10.5. The van der Waals surface area contributed by atoms with Crippen LogP contribution >= 0.6 is 0 Å². The van der Waals surface area contributed by atoms with Gasteiger partial charge in [0.05, 0.1) is 0 Å². The lowest BCUT2D eigenvalue weighted by molar-refractivity contribution is -0.137. The molecule has 1 fully saturated rings. The smallest absolute Gasteiger partial charge is 0.320 e. The molecule has 1 N–H and O–H groups in total. The van der Waals surface area contributed by atoms with Crippen molar-refractivity contribution in [1.82, 2.24) is 9.80 Å². The summed E-state index contributed by atoms with van der Waals surface area (Å²) in [4.78, 5) is 26.9. The van der Waals surface area contributed by atoms with Crippen molar-refractivity contribution in [2.45, 2.75) is 59.4 Å². The molecule has 0 saturated carbocycles. The minimum atomic E-state index is -0.805. The maximum Gasteiger partial charge on any atom is 0.320 e. The van der Waals surface area contributed by atoms with Crippen molar-refractivity contribution in [3.8, 4) is 0 Å². The number of piperidine rings is 1. The number of aliphatic carboxylic acids is 1. The van der Waals surface area contributed by atoms with Crippen molar-refractivity contribution in [2.75, 3.05) is 19.6 Å². The Morgan fingerprint density at radius 2 is 2.00 bits per heavy atom. The molecule has 0 unspecified atom stereocenters. The molecule has 0 aliphatic carbocycles. The topological polar surface area (TPSA) is 60.9 Å². The highest BCUT2D eigenvalue weighted by molar-refractivity contribution is 5.75. The van der Waals surface area contributed by atoms with Crippen LogP contribution in [0.1, 0.15) is 53.4 Å². The van der Waals surface area contributed by atoms with Gasteiger partial charge in [0.15, 0.2) is 0 Å². The standard InChI is InChI=1S/C15H28N2O3/c1-12(2)17(10-5-7-13(18)19)14(20)16-9-6-8-15(3,4)11-16/h12H,5-11H2,1-4H3,(H,18,19). The first-order valence-electron chi connectivity index (χ1n) is 7.50. The van der Waals surface area contributed by atoms with E-state index in [0.717, 1.165) is 25.9 Å². The van der Waals surface area contributed by atoms with Gasteiger partial charge in [-0.05, 0) is 38.5 Å². The Bertz CT molecular complexity index is 353. The highest BCUT2D eigenvalue weighted by Crippen LogP contribution is 2.29. The molecule has 5 nitrogen and oxygen atoms in total. The molecule has 1 heterocycles. The summed E-state index contributed by atoms with van der Waals surface area (Å²) in [5.41, 5.74) is 0.178. The number of carbonyl (C=O) groups excluding carboxylic acids is 1. The Morgan fingerprint density at radius 1 is 1.35 bits per heavy atom. The fraction of sp³-hybridized carbons (Fsp3) is 0.867. The second-order valence-corrected chi connectivity index (χ2v) is 6.76. The SMILES string of the molecule is CC(C)N(CCCC(=O)O)C(=O)N1CCCC(C)(C)C1. The number of rotatable bonds is 5. The molecule has 2 amide bonds. The van der Waals surface area contributed by atoms with Crippen LogP contribution < -0.4 is 0 Å². The van der Waals surface area contributed by atoms with Gasteiger partial charge >= 0.3 is 12.0 Å². The Labute approximate surface area is 121 Å². The number of urea groups is 1. The molecule has 0 aromatic rings. The van der Waals surface area contributed by atoms with E-state index in [1.54, 1.807) is 4.90 Å². The molecule has 0 aromatic carbocycles. The number of amides is 2. The second-order valence-electron chi connectivity index (χ2n) is 6.76. The van der Waals surface area contributed by atoms with Crippen molar-refractivity contribution in [3.63, 3.8) is 0 Å². The van der Waals surface area contributed by atoms with Gasteiger partial charge < -0.3 is 14.9 Å². The van der Waals surface area contributed by atoms with Crippen LogP contribution in [-0.4, -0.2) is 52.6 Å². The minimum Gasteiger partial charge on any atom is -0.481 e. The van der Waals surface area contributed by atoms with Crippen LogP contribution in [0.5, 0.6) is 0 Å². The predicted molar refractivity (Wildman–Crippen MR) is 78.7 cm³/mol. The fourth-order valence-corrected chi connectivity index (χ4v) is 2.74. The molecule has 0 bridgehead atoms. The van der Waals surface area contributed by atoms with Crippen LogP contribution in [0.2, 0.25) is 0 Å². The molecule has 1 rings (SSSR count). The molecule has 116 valence electrons. The zero-order valence-electron chi connectivity index (χ0n) is 13.2. The summed E-state index contributed by atoms with van der Waals surface area (Å²) in [7, 11) is 0. The molecular weight excluding hydrogens is 256 g/mol. The fourth-order valence-electron chi connectivity index (χ4n) is 2.74. The number of hydrogen-bond acceptors (Lipinski definition) is 2. The lowest BCUT2D eigenvalue weighted by Gasteiger charge is -2.41. The average molecular weight is 284 g/mol.